The Labute approximate surface area is 125 Å². The SMILES string of the molecule is Oc1ccccc1SCc1coc(-c2ccc(F)cc2)n1. The minimum atomic E-state index is -0.291. The van der Waals surface area contributed by atoms with Crippen molar-refractivity contribution in [2.45, 2.75) is 10.6 Å². The average molecular weight is 301 g/mol. The summed E-state index contributed by atoms with van der Waals surface area (Å²) in [5.41, 5.74) is 1.50. The van der Waals surface area contributed by atoms with E-state index in [2.05, 4.69) is 4.98 Å². The zero-order valence-electron chi connectivity index (χ0n) is 11.0. The van der Waals surface area contributed by atoms with Crippen molar-refractivity contribution in [3.8, 4) is 17.2 Å². The highest BCUT2D eigenvalue weighted by molar-refractivity contribution is 7.98. The number of thioether (sulfide) groups is 1. The summed E-state index contributed by atoms with van der Waals surface area (Å²) in [5.74, 6) is 1.01. The third-order valence-electron chi connectivity index (χ3n) is 2.88. The van der Waals surface area contributed by atoms with Gasteiger partial charge in [-0.3, -0.25) is 0 Å². The molecule has 0 aliphatic rings. The Bertz CT molecular complexity index is 740. The molecular weight excluding hydrogens is 289 g/mol. The molecule has 0 saturated carbocycles. The Morgan fingerprint density at radius 3 is 2.62 bits per heavy atom. The van der Waals surface area contributed by atoms with Gasteiger partial charge >= 0.3 is 0 Å². The minimum Gasteiger partial charge on any atom is -0.507 e. The Morgan fingerprint density at radius 2 is 1.86 bits per heavy atom. The van der Waals surface area contributed by atoms with Crippen LogP contribution in [0.1, 0.15) is 5.69 Å². The number of rotatable bonds is 4. The lowest BCUT2D eigenvalue weighted by atomic mass is 10.2. The van der Waals surface area contributed by atoms with E-state index < -0.39 is 0 Å². The van der Waals surface area contributed by atoms with Crippen LogP contribution in [0.2, 0.25) is 0 Å². The summed E-state index contributed by atoms with van der Waals surface area (Å²) >= 11 is 1.48. The van der Waals surface area contributed by atoms with Gasteiger partial charge < -0.3 is 9.52 Å². The van der Waals surface area contributed by atoms with Crippen LogP contribution in [0.4, 0.5) is 4.39 Å². The predicted molar refractivity (Wildman–Crippen MR) is 79.6 cm³/mol. The molecule has 5 heteroatoms. The van der Waals surface area contributed by atoms with Crippen molar-refractivity contribution in [3.63, 3.8) is 0 Å². The Morgan fingerprint density at radius 1 is 1.10 bits per heavy atom. The highest BCUT2D eigenvalue weighted by Crippen LogP contribution is 2.30. The summed E-state index contributed by atoms with van der Waals surface area (Å²) < 4.78 is 18.3. The molecule has 0 bridgehead atoms. The number of nitrogens with zero attached hydrogens (tertiary/aromatic N) is 1. The molecule has 3 nitrogen and oxygen atoms in total. The average Bonchev–Trinajstić information content (AvgIpc) is 2.96. The van der Waals surface area contributed by atoms with Gasteiger partial charge in [-0.05, 0) is 36.4 Å². The topological polar surface area (TPSA) is 46.3 Å². The van der Waals surface area contributed by atoms with E-state index in [1.165, 1.54) is 23.9 Å². The molecule has 3 rings (SSSR count). The van der Waals surface area contributed by atoms with E-state index in [4.69, 9.17) is 4.42 Å². The first kappa shape index (κ1) is 13.7. The first-order chi connectivity index (χ1) is 10.2. The van der Waals surface area contributed by atoms with E-state index >= 15 is 0 Å². The van der Waals surface area contributed by atoms with Crippen LogP contribution < -0.4 is 0 Å². The van der Waals surface area contributed by atoms with Gasteiger partial charge in [0.15, 0.2) is 0 Å². The smallest absolute Gasteiger partial charge is 0.226 e. The summed E-state index contributed by atoms with van der Waals surface area (Å²) in [5, 5.41) is 9.70. The van der Waals surface area contributed by atoms with Gasteiger partial charge in [-0.1, -0.05) is 12.1 Å². The lowest BCUT2D eigenvalue weighted by molar-refractivity contribution is 0.462. The minimum absolute atomic E-state index is 0.254. The van der Waals surface area contributed by atoms with Crippen LogP contribution in [-0.2, 0) is 5.75 Å². The molecule has 3 aromatic rings. The molecule has 0 amide bonds. The number of hydrogen-bond donors (Lipinski definition) is 1. The fraction of sp³-hybridized carbons (Fsp3) is 0.0625. The van der Waals surface area contributed by atoms with Crippen molar-refractivity contribution in [2.24, 2.45) is 0 Å². The van der Waals surface area contributed by atoms with Crippen molar-refractivity contribution >= 4 is 11.8 Å². The third-order valence-corrected chi connectivity index (χ3v) is 3.98. The standard InChI is InChI=1S/C16H12FNO2S/c17-12-7-5-11(6-8-12)16-18-13(9-20-16)10-21-15-4-2-1-3-14(15)19/h1-9,19H,10H2. The molecule has 0 unspecified atom stereocenters. The molecule has 0 atom stereocenters. The molecule has 0 saturated heterocycles. The van der Waals surface area contributed by atoms with Crippen LogP contribution in [0.3, 0.4) is 0 Å². The van der Waals surface area contributed by atoms with E-state index in [0.29, 0.717) is 11.6 Å². The van der Waals surface area contributed by atoms with Gasteiger partial charge in [-0.2, -0.15) is 0 Å². The van der Waals surface area contributed by atoms with Crippen molar-refractivity contribution in [1.82, 2.24) is 4.98 Å². The monoisotopic (exact) mass is 301 g/mol. The highest BCUT2D eigenvalue weighted by Gasteiger charge is 2.08. The van der Waals surface area contributed by atoms with Crippen LogP contribution in [0, 0.1) is 5.82 Å². The van der Waals surface area contributed by atoms with E-state index in [1.54, 1.807) is 30.5 Å². The number of benzene rings is 2. The number of oxazole rings is 1. The molecule has 0 aliphatic carbocycles. The maximum absolute atomic E-state index is 12.9. The number of aromatic nitrogens is 1. The fourth-order valence-electron chi connectivity index (χ4n) is 1.83. The van der Waals surface area contributed by atoms with Crippen molar-refractivity contribution in [2.75, 3.05) is 0 Å². The maximum Gasteiger partial charge on any atom is 0.226 e. The van der Waals surface area contributed by atoms with E-state index in [0.717, 1.165) is 16.2 Å². The Kier molecular flexibility index (Phi) is 3.92. The number of halogens is 1. The maximum atomic E-state index is 12.9. The molecular formula is C16H12FNO2S. The van der Waals surface area contributed by atoms with Crippen molar-refractivity contribution in [3.05, 3.63) is 66.3 Å². The molecule has 0 radical (unpaired) electrons. The third kappa shape index (κ3) is 3.25. The second-order valence-corrected chi connectivity index (χ2v) is 5.42. The summed E-state index contributed by atoms with van der Waals surface area (Å²) in [6, 6.07) is 13.1. The highest BCUT2D eigenvalue weighted by atomic mass is 32.2. The lowest BCUT2D eigenvalue weighted by Crippen LogP contribution is -1.83. The summed E-state index contributed by atoms with van der Waals surface area (Å²) in [4.78, 5) is 5.16. The van der Waals surface area contributed by atoms with Gasteiger partial charge in [0.1, 0.15) is 17.8 Å². The number of para-hydroxylation sites is 1. The first-order valence-corrected chi connectivity index (χ1v) is 7.32. The van der Waals surface area contributed by atoms with Crippen molar-refractivity contribution in [1.29, 1.82) is 0 Å². The second kappa shape index (κ2) is 6.01. The molecule has 21 heavy (non-hydrogen) atoms. The normalized spacial score (nSPS) is 10.7. The second-order valence-electron chi connectivity index (χ2n) is 4.41. The molecule has 1 N–H and O–H groups in total. The van der Waals surface area contributed by atoms with Crippen LogP contribution in [0.5, 0.6) is 5.75 Å². The van der Waals surface area contributed by atoms with Gasteiger partial charge in [-0.25, -0.2) is 9.37 Å². The van der Waals surface area contributed by atoms with Crippen LogP contribution in [0.25, 0.3) is 11.5 Å². The van der Waals surface area contributed by atoms with E-state index in [1.807, 2.05) is 12.1 Å². The molecule has 1 aromatic heterocycles. The molecule has 1 heterocycles. The quantitative estimate of drug-likeness (QED) is 0.722. The van der Waals surface area contributed by atoms with Crippen LogP contribution >= 0.6 is 11.8 Å². The summed E-state index contributed by atoms with van der Waals surface area (Å²) in [7, 11) is 0. The summed E-state index contributed by atoms with van der Waals surface area (Å²) in [6.07, 6.45) is 1.58. The number of hydrogen-bond acceptors (Lipinski definition) is 4. The summed E-state index contributed by atoms with van der Waals surface area (Å²) in [6.45, 7) is 0. The fourth-order valence-corrected chi connectivity index (χ4v) is 2.66. The van der Waals surface area contributed by atoms with Gasteiger partial charge in [0.2, 0.25) is 5.89 Å². The first-order valence-electron chi connectivity index (χ1n) is 6.33. The van der Waals surface area contributed by atoms with Crippen LogP contribution in [0.15, 0.2) is 64.1 Å². The molecule has 2 aromatic carbocycles. The number of aromatic hydroxyl groups is 1. The lowest BCUT2D eigenvalue weighted by Gasteiger charge is -2.01. The van der Waals surface area contributed by atoms with E-state index in [9.17, 15) is 9.50 Å². The largest absolute Gasteiger partial charge is 0.507 e. The molecule has 0 fully saturated rings. The predicted octanol–water partition coefficient (Wildman–Crippen LogP) is 4.48. The zero-order valence-corrected chi connectivity index (χ0v) is 11.8. The van der Waals surface area contributed by atoms with Gasteiger partial charge in [-0.15, -0.1) is 11.8 Å². The molecule has 0 spiro atoms. The molecule has 106 valence electrons. The Balaban J connectivity index is 1.71. The van der Waals surface area contributed by atoms with Gasteiger partial charge in [0, 0.05) is 16.2 Å². The van der Waals surface area contributed by atoms with Gasteiger partial charge in [0.05, 0.1) is 5.69 Å². The Hall–Kier alpha value is -2.27. The van der Waals surface area contributed by atoms with Gasteiger partial charge in [0.25, 0.3) is 0 Å². The number of phenolic OH excluding ortho intramolecular Hbond substituents is 1. The van der Waals surface area contributed by atoms with E-state index in [-0.39, 0.29) is 11.6 Å². The zero-order chi connectivity index (χ0) is 14.7. The van der Waals surface area contributed by atoms with Crippen molar-refractivity contribution < 1.29 is 13.9 Å². The van der Waals surface area contributed by atoms with Crippen LogP contribution in [-0.4, -0.2) is 10.1 Å². The number of phenols is 1. The molecule has 0 aliphatic heterocycles.